The number of carbonyl (C=O) groups is 1. The lowest BCUT2D eigenvalue weighted by molar-refractivity contribution is -0.518. The zero-order valence-corrected chi connectivity index (χ0v) is 12.2. The molecule has 0 unspecified atom stereocenters. The molecule has 1 aliphatic heterocycles. The highest BCUT2D eigenvalue weighted by atomic mass is 32.2. The molecule has 11 heteroatoms. The molecule has 1 heterocycles. The number of nitrogens with one attached hydrogen (secondary N) is 2. The van der Waals surface area contributed by atoms with Crippen molar-refractivity contribution >= 4 is 21.7 Å². The number of rotatable bonds is 4. The van der Waals surface area contributed by atoms with Crippen molar-refractivity contribution in [1.29, 1.82) is 0 Å². The van der Waals surface area contributed by atoms with E-state index in [-0.39, 0.29) is 10.9 Å². The van der Waals surface area contributed by atoms with Crippen molar-refractivity contribution in [2.45, 2.75) is 4.90 Å². The number of hydrogen-bond donors (Lipinski definition) is 2. The quantitative estimate of drug-likeness (QED) is 0.591. The van der Waals surface area contributed by atoms with Crippen LogP contribution in [0.2, 0.25) is 0 Å². The van der Waals surface area contributed by atoms with Crippen molar-refractivity contribution in [3.05, 3.63) is 34.4 Å². The van der Waals surface area contributed by atoms with Crippen LogP contribution in [-0.4, -0.2) is 50.7 Å². The number of nitrogens with zero attached hydrogens (tertiary/aromatic N) is 2. The summed E-state index contributed by atoms with van der Waals surface area (Å²) >= 11 is 0. The molecule has 1 saturated heterocycles. The molecule has 1 aromatic carbocycles. The number of carbonyl (C=O) groups excluding carboxylic acids is 1. The van der Waals surface area contributed by atoms with Gasteiger partial charge in [0.2, 0.25) is 0 Å². The minimum atomic E-state index is -4.21. The second-order valence-electron chi connectivity index (χ2n) is 4.41. The van der Waals surface area contributed by atoms with Gasteiger partial charge in [-0.2, -0.15) is 8.42 Å². The predicted molar refractivity (Wildman–Crippen MR) is 75.2 cm³/mol. The largest absolute Gasteiger partial charge is 0.378 e. The molecule has 22 heavy (non-hydrogen) atoms. The van der Waals surface area contributed by atoms with Gasteiger partial charge in [-0.15, -0.1) is 0 Å². The summed E-state index contributed by atoms with van der Waals surface area (Å²) in [6.45, 7) is 1.89. The SMILES string of the molecule is O=C(Nc1ccc(S(=O)(=O)N[N+](=O)[O-])cc1)N1CCOCC1. The summed E-state index contributed by atoms with van der Waals surface area (Å²) in [5, 5.41) is 11.7. The molecule has 10 nitrogen and oxygen atoms in total. The monoisotopic (exact) mass is 330 g/mol. The van der Waals surface area contributed by atoms with E-state index in [1.165, 1.54) is 29.1 Å². The highest BCUT2D eigenvalue weighted by molar-refractivity contribution is 7.89. The highest BCUT2D eigenvalue weighted by Crippen LogP contribution is 2.14. The van der Waals surface area contributed by atoms with Gasteiger partial charge in [-0.25, -0.2) is 14.9 Å². The second kappa shape index (κ2) is 6.58. The molecule has 0 aliphatic carbocycles. The standard InChI is InChI=1S/C11H14N4O6S/c16-11(14-5-7-21-8-6-14)12-9-1-3-10(4-2-9)22(19,20)13-15(17)18/h1-4,13H,5-8H2,(H,12,16). The third-order valence-electron chi connectivity index (χ3n) is 2.91. The summed E-state index contributed by atoms with van der Waals surface area (Å²) in [6.07, 6.45) is 0. The maximum atomic E-state index is 11.9. The smallest absolute Gasteiger partial charge is 0.321 e. The van der Waals surface area contributed by atoms with Crippen LogP contribution in [0.4, 0.5) is 10.5 Å². The van der Waals surface area contributed by atoms with E-state index < -0.39 is 15.1 Å². The average Bonchev–Trinajstić information content (AvgIpc) is 2.47. The number of morpholine rings is 1. The van der Waals surface area contributed by atoms with E-state index in [1.54, 1.807) is 4.90 Å². The van der Waals surface area contributed by atoms with E-state index in [0.717, 1.165) is 0 Å². The van der Waals surface area contributed by atoms with Crippen molar-refractivity contribution in [2.75, 3.05) is 31.6 Å². The van der Waals surface area contributed by atoms with Gasteiger partial charge in [0.05, 0.1) is 18.1 Å². The van der Waals surface area contributed by atoms with Gasteiger partial charge in [0, 0.05) is 18.8 Å². The van der Waals surface area contributed by atoms with Gasteiger partial charge in [0.25, 0.3) is 0 Å². The topological polar surface area (TPSA) is 131 Å². The first-order valence-corrected chi connectivity index (χ1v) is 7.77. The Morgan fingerprint density at radius 2 is 1.82 bits per heavy atom. The lowest BCUT2D eigenvalue weighted by Gasteiger charge is -2.26. The Labute approximate surface area is 126 Å². The summed E-state index contributed by atoms with van der Waals surface area (Å²) in [7, 11) is -4.21. The third-order valence-corrected chi connectivity index (χ3v) is 4.19. The summed E-state index contributed by atoms with van der Waals surface area (Å²) in [4.78, 5) is 24.7. The summed E-state index contributed by atoms with van der Waals surface area (Å²) in [5.74, 6) is 0. The van der Waals surface area contributed by atoms with Crippen LogP contribution in [0.3, 0.4) is 0 Å². The van der Waals surface area contributed by atoms with Crippen LogP contribution in [0.5, 0.6) is 0 Å². The van der Waals surface area contributed by atoms with Crippen molar-refractivity contribution in [2.24, 2.45) is 0 Å². The number of hydrogen-bond acceptors (Lipinski definition) is 6. The number of hydrazine groups is 1. The third kappa shape index (κ3) is 4.05. The minimum absolute atomic E-state index is 0.270. The minimum Gasteiger partial charge on any atom is -0.378 e. The Balaban J connectivity index is 2.02. The van der Waals surface area contributed by atoms with Crippen LogP contribution in [0, 0.1) is 10.1 Å². The number of amides is 2. The van der Waals surface area contributed by atoms with E-state index in [4.69, 9.17) is 4.74 Å². The number of sulfonamides is 1. The van der Waals surface area contributed by atoms with E-state index in [9.17, 15) is 23.3 Å². The molecule has 1 fully saturated rings. The van der Waals surface area contributed by atoms with Crippen molar-refractivity contribution in [3.63, 3.8) is 0 Å². The first-order chi connectivity index (χ1) is 10.4. The van der Waals surface area contributed by atoms with Crippen LogP contribution in [-0.2, 0) is 14.8 Å². The molecule has 2 N–H and O–H groups in total. The normalized spacial score (nSPS) is 15.2. The molecule has 1 aliphatic rings. The molecular weight excluding hydrogens is 316 g/mol. The Kier molecular flexibility index (Phi) is 4.78. The average molecular weight is 330 g/mol. The summed E-state index contributed by atoms with van der Waals surface area (Å²) in [5.41, 5.74) is 0.386. The van der Waals surface area contributed by atoms with Gasteiger partial charge in [-0.3, -0.25) is 0 Å². The van der Waals surface area contributed by atoms with Crippen LogP contribution >= 0.6 is 0 Å². The van der Waals surface area contributed by atoms with E-state index in [1.807, 2.05) is 0 Å². The Bertz CT molecular complexity index is 654. The van der Waals surface area contributed by atoms with Crippen LogP contribution in [0.15, 0.2) is 29.2 Å². The van der Waals surface area contributed by atoms with Crippen LogP contribution in [0.1, 0.15) is 0 Å². The molecule has 0 atom stereocenters. The fourth-order valence-corrected chi connectivity index (χ4v) is 2.63. The zero-order chi connectivity index (χ0) is 16.2. The molecule has 0 spiro atoms. The van der Waals surface area contributed by atoms with Gasteiger partial charge in [-0.05, 0) is 29.1 Å². The maximum absolute atomic E-state index is 11.9. The number of anilines is 1. The van der Waals surface area contributed by atoms with Crippen LogP contribution in [0.25, 0.3) is 0 Å². The number of urea groups is 1. The molecule has 0 bridgehead atoms. The van der Waals surface area contributed by atoms with Gasteiger partial charge >= 0.3 is 16.1 Å². The molecule has 2 rings (SSSR count). The van der Waals surface area contributed by atoms with Crippen molar-refractivity contribution in [3.8, 4) is 0 Å². The molecule has 120 valence electrons. The van der Waals surface area contributed by atoms with Gasteiger partial charge in [0.15, 0.2) is 5.03 Å². The lowest BCUT2D eigenvalue weighted by atomic mass is 10.3. The molecule has 0 saturated carbocycles. The summed E-state index contributed by atoms with van der Waals surface area (Å²) < 4.78 is 28.3. The Morgan fingerprint density at radius 3 is 2.36 bits per heavy atom. The summed E-state index contributed by atoms with van der Waals surface area (Å²) in [6, 6.07) is 4.73. The van der Waals surface area contributed by atoms with Gasteiger partial charge < -0.3 is 15.0 Å². The lowest BCUT2D eigenvalue weighted by Crippen LogP contribution is -2.43. The second-order valence-corrected chi connectivity index (χ2v) is 6.07. The van der Waals surface area contributed by atoms with E-state index in [2.05, 4.69) is 5.32 Å². The highest BCUT2D eigenvalue weighted by Gasteiger charge is 2.20. The van der Waals surface area contributed by atoms with Crippen molar-refractivity contribution in [1.82, 2.24) is 9.73 Å². The maximum Gasteiger partial charge on any atom is 0.321 e. The van der Waals surface area contributed by atoms with E-state index in [0.29, 0.717) is 32.0 Å². The molecule has 0 radical (unpaired) electrons. The first kappa shape index (κ1) is 16.0. The molecule has 0 aromatic heterocycles. The first-order valence-electron chi connectivity index (χ1n) is 6.29. The van der Waals surface area contributed by atoms with Crippen molar-refractivity contribution < 1.29 is 23.0 Å². The Morgan fingerprint density at radius 1 is 1.23 bits per heavy atom. The predicted octanol–water partition coefficient (Wildman–Crippen LogP) is 0.0207. The fraction of sp³-hybridized carbons (Fsp3) is 0.364. The number of ether oxygens (including phenoxy) is 1. The molecule has 1 aromatic rings. The zero-order valence-electron chi connectivity index (χ0n) is 11.4. The number of nitro groups is 1. The number of benzene rings is 1. The van der Waals surface area contributed by atoms with E-state index >= 15 is 0 Å². The fourth-order valence-electron chi connectivity index (χ4n) is 1.84. The van der Waals surface area contributed by atoms with Gasteiger partial charge in [-0.1, -0.05) is 0 Å². The van der Waals surface area contributed by atoms with Gasteiger partial charge in [0.1, 0.15) is 0 Å². The molecule has 2 amide bonds. The Hall–Kier alpha value is -2.40. The molecular formula is C11H14N4O6S. The van der Waals surface area contributed by atoms with Crippen LogP contribution < -0.4 is 10.1 Å².